The van der Waals surface area contributed by atoms with Crippen LogP contribution in [0.4, 0.5) is 5.69 Å². The molecule has 0 radical (unpaired) electrons. The predicted octanol–water partition coefficient (Wildman–Crippen LogP) is 3.71. The molecule has 0 bridgehead atoms. The normalized spacial score (nSPS) is 13.2. The number of hydrogen-bond acceptors (Lipinski definition) is 2. The van der Waals surface area contributed by atoms with E-state index in [1.807, 2.05) is 47.4 Å². The molecule has 0 spiro atoms. The summed E-state index contributed by atoms with van der Waals surface area (Å²) in [5, 5.41) is 0.691. The fourth-order valence-electron chi connectivity index (χ4n) is 3.30. The molecular weight excluding hydrogens is 348 g/mol. The molecule has 4 nitrogen and oxygen atoms in total. The molecule has 5 heteroatoms. The number of carbonyl (C=O) groups excluding carboxylic acids is 2. The number of nitrogens with zero attached hydrogens (tertiary/aromatic N) is 2. The monoisotopic (exact) mass is 370 g/mol. The summed E-state index contributed by atoms with van der Waals surface area (Å²) in [6, 6.07) is 15.6. The van der Waals surface area contributed by atoms with Gasteiger partial charge in [0.1, 0.15) is 6.54 Å². The summed E-state index contributed by atoms with van der Waals surface area (Å²) in [5.41, 5.74) is 3.27. The minimum absolute atomic E-state index is 0.0246. The molecule has 3 rings (SSSR count). The minimum atomic E-state index is -0.0855. The van der Waals surface area contributed by atoms with Gasteiger partial charge in [-0.1, -0.05) is 41.9 Å². The van der Waals surface area contributed by atoms with E-state index in [2.05, 4.69) is 6.07 Å². The van der Waals surface area contributed by atoms with Gasteiger partial charge in [0.05, 0.1) is 0 Å². The van der Waals surface area contributed by atoms with E-state index in [4.69, 9.17) is 11.6 Å². The maximum absolute atomic E-state index is 12.8. The fraction of sp³-hybridized carbons (Fsp3) is 0.333. The van der Waals surface area contributed by atoms with Gasteiger partial charge < -0.3 is 9.80 Å². The molecule has 0 aliphatic carbocycles. The van der Waals surface area contributed by atoms with Crippen LogP contribution in [-0.2, 0) is 22.4 Å². The summed E-state index contributed by atoms with van der Waals surface area (Å²) in [4.78, 5) is 28.3. The van der Waals surface area contributed by atoms with E-state index in [9.17, 15) is 9.59 Å². The van der Waals surface area contributed by atoms with Crippen molar-refractivity contribution in [2.24, 2.45) is 0 Å². The van der Waals surface area contributed by atoms with Crippen LogP contribution >= 0.6 is 11.6 Å². The van der Waals surface area contributed by atoms with Gasteiger partial charge in [0.2, 0.25) is 11.8 Å². The second kappa shape index (κ2) is 8.37. The average Bonchev–Trinajstić information content (AvgIpc) is 2.65. The van der Waals surface area contributed by atoms with Crippen molar-refractivity contribution in [3.8, 4) is 0 Å². The molecule has 0 fully saturated rings. The standard InChI is InChI=1S/C21H23ClN2O2/c1-16(25)23(14-12-17-8-10-19(22)11-9-17)15-21(26)24-13-4-6-18-5-2-3-7-20(18)24/h2-3,5,7-11H,4,6,12-15H2,1H3. The highest BCUT2D eigenvalue weighted by Gasteiger charge is 2.24. The van der Waals surface area contributed by atoms with Crippen LogP contribution < -0.4 is 4.90 Å². The Labute approximate surface area is 159 Å². The molecule has 0 saturated heterocycles. The summed E-state index contributed by atoms with van der Waals surface area (Å²) in [7, 11) is 0. The highest BCUT2D eigenvalue weighted by Crippen LogP contribution is 2.26. The van der Waals surface area contributed by atoms with Crippen LogP contribution in [-0.4, -0.2) is 36.3 Å². The zero-order valence-corrected chi connectivity index (χ0v) is 15.7. The van der Waals surface area contributed by atoms with Crippen molar-refractivity contribution in [3.05, 3.63) is 64.7 Å². The van der Waals surface area contributed by atoms with Crippen molar-refractivity contribution in [1.29, 1.82) is 0 Å². The first kappa shape index (κ1) is 18.5. The number of amides is 2. The summed E-state index contributed by atoms with van der Waals surface area (Å²) in [6.45, 7) is 2.84. The smallest absolute Gasteiger partial charge is 0.246 e. The lowest BCUT2D eigenvalue weighted by Crippen LogP contribution is -2.44. The zero-order chi connectivity index (χ0) is 18.5. The van der Waals surface area contributed by atoms with E-state index >= 15 is 0 Å². The number of fused-ring (bicyclic) bond motifs is 1. The van der Waals surface area contributed by atoms with Gasteiger partial charge in [0.25, 0.3) is 0 Å². The largest absolute Gasteiger partial charge is 0.333 e. The number of benzene rings is 2. The fourth-order valence-corrected chi connectivity index (χ4v) is 3.43. The third-order valence-corrected chi connectivity index (χ3v) is 5.02. The summed E-state index contributed by atoms with van der Waals surface area (Å²) < 4.78 is 0. The van der Waals surface area contributed by atoms with Crippen molar-refractivity contribution in [3.63, 3.8) is 0 Å². The molecule has 1 aliphatic rings. The Morgan fingerprint density at radius 1 is 1.12 bits per heavy atom. The molecule has 0 atom stereocenters. The van der Waals surface area contributed by atoms with Crippen LogP contribution in [0.2, 0.25) is 5.02 Å². The number of carbonyl (C=O) groups is 2. The predicted molar refractivity (Wildman–Crippen MR) is 105 cm³/mol. The Hall–Kier alpha value is -2.33. The van der Waals surface area contributed by atoms with Crippen LogP contribution in [0.15, 0.2) is 48.5 Å². The van der Waals surface area contributed by atoms with Gasteiger partial charge in [-0.3, -0.25) is 9.59 Å². The van der Waals surface area contributed by atoms with Gasteiger partial charge in [0.15, 0.2) is 0 Å². The first-order valence-corrected chi connectivity index (χ1v) is 9.30. The first-order chi connectivity index (χ1) is 12.5. The number of rotatable bonds is 5. The van der Waals surface area contributed by atoms with Crippen LogP contribution in [0, 0.1) is 0 Å². The molecule has 26 heavy (non-hydrogen) atoms. The van der Waals surface area contributed by atoms with Crippen molar-refractivity contribution in [2.75, 3.05) is 24.5 Å². The molecule has 0 aromatic heterocycles. The quantitative estimate of drug-likeness (QED) is 0.805. The average molecular weight is 371 g/mol. The number of hydrogen-bond donors (Lipinski definition) is 0. The summed E-state index contributed by atoms with van der Waals surface area (Å²) in [6.07, 6.45) is 2.64. The molecule has 1 aliphatic heterocycles. The lowest BCUT2D eigenvalue weighted by atomic mass is 10.0. The number of aryl methyl sites for hydroxylation is 1. The second-order valence-electron chi connectivity index (χ2n) is 6.59. The van der Waals surface area contributed by atoms with Gasteiger partial charge in [-0.2, -0.15) is 0 Å². The van der Waals surface area contributed by atoms with Gasteiger partial charge in [0, 0.05) is 30.7 Å². The number of para-hydroxylation sites is 1. The van der Waals surface area contributed by atoms with Crippen molar-refractivity contribution in [1.82, 2.24) is 4.90 Å². The second-order valence-corrected chi connectivity index (χ2v) is 7.03. The molecule has 0 N–H and O–H groups in total. The van der Waals surface area contributed by atoms with Gasteiger partial charge >= 0.3 is 0 Å². The zero-order valence-electron chi connectivity index (χ0n) is 15.0. The molecule has 2 aromatic rings. The van der Waals surface area contributed by atoms with E-state index < -0.39 is 0 Å². The molecule has 2 amide bonds. The van der Waals surface area contributed by atoms with E-state index in [1.54, 1.807) is 4.90 Å². The lowest BCUT2D eigenvalue weighted by Gasteiger charge is -2.31. The number of halogens is 1. The van der Waals surface area contributed by atoms with E-state index in [0.29, 0.717) is 24.5 Å². The van der Waals surface area contributed by atoms with E-state index in [-0.39, 0.29) is 18.4 Å². The van der Waals surface area contributed by atoms with Gasteiger partial charge in [-0.15, -0.1) is 0 Å². The highest BCUT2D eigenvalue weighted by molar-refractivity contribution is 6.30. The Balaban J connectivity index is 1.65. The van der Waals surface area contributed by atoms with Crippen molar-refractivity contribution >= 4 is 29.1 Å². The Kier molecular flexibility index (Phi) is 5.94. The maximum atomic E-state index is 12.8. The van der Waals surface area contributed by atoms with E-state index in [0.717, 1.165) is 24.1 Å². The molecule has 0 unspecified atom stereocenters. The molecule has 136 valence electrons. The van der Waals surface area contributed by atoms with Crippen LogP contribution in [0.3, 0.4) is 0 Å². The van der Waals surface area contributed by atoms with Crippen molar-refractivity contribution in [2.45, 2.75) is 26.2 Å². The lowest BCUT2D eigenvalue weighted by molar-refractivity contribution is -0.133. The van der Waals surface area contributed by atoms with Gasteiger partial charge in [-0.25, -0.2) is 0 Å². The number of anilines is 1. The third-order valence-electron chi connectivity index (χ3n) is 4.77. The molecular formula is C21H23ClN2O2. The van der Waals surface area contributed by atoms with Crippen LogP contribution in [0.5, 0.6) is 0 Å². The molecule has 2 aromatic carbocycles. The van der Waals surface area contributed by atoms with Gasteiger partial charge in [-0.05, 0) is 48.6 Å². The molecule has 0 saturated carbocycles. The Morgan fingerprint density at radius 2 is 1.85 bits per heavy atom. The van der Waals surface area contributed by atoms with Crippen molar-refractivity contribution < 1.29 is 9.59 Å². The third kappa shape index (κ3) is 4.44. The van der Waals surface area contributed by atoms with E-state index in [1.165, 1.54) is 12.5 Å². The van der Waals surface area contributed by atoms with Crippen LogP contribution in [0.25, 0.3) is 0 Å². The summed E-state index contributed by atoms with van der Waals surface area (Å²) >= 11 is 5.91. The topological polar surface area (TPSA) is 40.6 Å². The highest BCUT2D eigenvalue weighted by atomic mass is 35.5. The Morgan fingerprint density at radius 3 is 2.58 bits per heavy atom. The summed E-state index contributed by atoms with van der Waals surface area (Å²) in [5.74, 6) is -0.110. The first-order valence-electron chi connectivity index (χ1n) is 8.93. The maximum Gasteiger partial charge on any atom is 0.246 e. The molecule has 1 heterocycles. The minimum Gasteiger partial charge on any atom is -0.333 e. The van der Waals surface area contributed by atoms with Crippen LogP contribution in [0.1, 0.15) is 24.5 Å². The SMILES string of the molecule is CC(=O)N(CCc1ccc(Cl)cc1)CC(=O)N1CCCc2ccccc21. The Bertz CT molecular complexity index is 789.